The Morgan fingerprint density at radius 2 is 2.00 bits per heavy atom. The first kappa shape index (κ1) is 15.0. The van der Waals surface area contributed by atoms with Crippen LogP contribution in [-0.4, -0.2) is 25.2 Å². The SMILES string of the molecule is C=CCCS(=O)(=O)c1cc(Cl)cc(C(=O)O)c1Cl. The number of rotatable bonds is 5. The summed E-state index contributed by atoms with van der Waals surface area (Å²) in [7, 11) is -3.68. The fourth-order valence-electron chi connectivity index (χ4n) is 1.29. The molecule has 7 heteroatoms. The molecular weight excluding hydrogens is 299 g/mol. The second kappa shape index (κ2) is 5.73. The van der Waals surface area contributed by atoms with Crippen LogP contribution in [-0.2, 0) is 9.84 Å². The van der Waals surface area contributed by atoms with E-state index in [0.29, 0.717) is 0 Å². The number of carboxylic acid groups (broad SMARTS) is 1. The Morgan fingerprint density at radius 1 is 1.39 bits per heavy atom. The van der Waals surface area contributed by atoms with Crippen LogP contribution in [0.25, 0.3) is 0 Å². The molecule has 1 rings (SSSR count). The Balaban J connectivity index is 3.41. The number of halogens is 2. The molecule has 1 aromatic rings. The molecule has 4 nitrogen and oxygen atoms in total. The average molecular weight is 309 g/mol. The summed E-state index contributed by atoms with van der Waals surface area (Å²) in [6.45, 7) is 3.43. The molecule has 0 heterocycles. The molecule has 1 N–H and O–H groups in total. The highest BCUT2D eigenvalue weighted by Crippen LogP contribution is 2.30. The smallest absolute Gasteiger partial charge is 0.337 e. The van der Waals surface area contributed by atoms with Crippen molar-refractivity contribution >= 4 is 39.0 Å². The lowest BCUT2D eigenvalue weighted by Crippen LogP contribution is -2.09. The van der Waals surface area contributed by atoms with Gasteiger partial charge in [0.1, 0.15) is 0 Å². The van der Waals surface area contributed by atoms with Crippen molar-refractivity contribution in [2.45, 2.75) is 11.3 Å². The number of aromatic carboxylic acids is 1. The molecule has 0 radical (unpaired) electrons. The van der Waals surface area contributed by atoms with Gasteiger partial charge >= 0.3 is 5.97 Å². The van der Waals surface area contributed by atoms with Gasteiger partial charge in [-0.3, -0.25) is 0 Å². The van der Waals surface area contributed by atoms with E-state index in [1.165, 1.54) is 6.08 Å². The molecule has 0 atom stereocenters. The molecule has 18 heavy (non-hydrogen) atoms. The molecule has 0 spiro atoms. The van der Waals surface area contributed by atoms with Gasteiger partial charge in [-0.05, 0) is 18.6 Å². The molecule has 98 valence electrons. The van der Waals surface area contributed by atoms with Crippen LogP contribution in [0.4, 0.5) is 0 Å². The lowest BCUT2D eigenvalue weighted by Gasteiger charge is -2.08. The summed E-state index contributed by atoms with van der Waals surface area (Å²) in [4.78, 5) is 10.6. The summed E-state index contributed by atoms with van der Waals surface area (Å²) in [6, 6.07) is 2.26. The molecule has 0 saturated heterocycles. The maximum absolute atomic E-state index is 12.0. The second-order valence-corrected chi connectivity index (χ2v) is 6.36. The highest BCUT2D eigenvalue weighted by Gasteiger charge is 2.23. The first-order chi connectivity index (χ1) is 8.29. The van der Waals surface area contributed by atoms with Crippen molar-refractivity contribution in [2.75, 3.05) is 5.75 Å². The first-order valence-corrected chi connectivity index (χ1v) is 7.26. The van der Waals surface area contributed by atoms with E-state index in [0.717, 1.165) is 12.1 Å². The van der Waals surface area contributed by atoms with Gasteiger partial charge in [-0.1, -0.05) is 29.3 Å². The lowest BCUT2D eigenvalue weighted by molar-refractivity contribution is 0.0697. The Labute approximate surface area is 115 Å². The zero-order valence-corrected chi connectivity index (χ0v) is 11.5. The third-order valence-electron chi connectivity index (χ3n) is 2.16. The number of hydrogen-bond donors (Lipinski definition) is 1. The summed E-state index contributed by atoms with van der Waals surface area (Å²) in [5.41, 5.74) is -0.332. The normalized spacial score (nSPS) is 11.2. The van der Waals surface area contributed by atoms with Crippen LogP contribution >= 0.6 is 23.2 Å². The minimum Gasteiger partial charge on any atom is -0.478 e. The number of carbonyl (C=O) groups is 1. The minimum atomic E-state index is -3.68. The van der Waals surface area contributed by atoms with E-state index < -0.39 is 15.8 Å². The van der Waals surface area contributed by atoms with Gasteiger partial charge in [-0.25, -0.2) is 13.2 Å². The number of benzene rings is 1. The summed E-state index contributed by atoms with van der Waals surface area (Å²) >= 11 is 11.5. The van der Waals surface area contributed by atoms with Gasteiger partial charge < -0.3 is 5.11 Å². The van der Waals surface area contributed by atoms with Crippen molar-refractivity contribution in [3.05, 3.63) is 40.4 Å². The van der Waals surface area contributed by atoms with E-state index in [1.54, 1.807) is 0 Å². The Hall–Kier alpha value is -1.04. The van der Waals surface area contributed by atoms with Crippen LogP contribution in [0.1, 0.15) is 16.8 Å². The molecule has 1 aromatic carbocycles. The van der Waals surface area contributed by atoms with Gasteiger partial charge in [0.15, 0.2) is 9.84 Å². The van der Waals surface area contributed by atoms with Crippen molar-refractivity contribution in [1.29, 1.82) is 0 Å². The van der Waals surface area contributed by atoms with E-state index in [2.05, 4.69) is 6.58 Å². The molecular formula is C11H10Cl2O4S. The molecule has 0 aromatic heterocycles. The van der Waals surface area contributed by atoms with E-state index in [-0.39, 0.29) is 32.7 Å². The van der Waals surface area contributed by atoms with Crippen molar-refractivity contribution in [3.8, 4) is 0 Å². The van der Waals surface area contributed by atoms with Gasteiger partial charge in [0, 0.05) is 5.02 Å². The summed E-state index contributed by atoms with van der Waals surface area (Å²) in [5, 5.41) is 8.59. The number of hydrogen-bond acceptors (Lipinski definition) is 3. The predicted octanol–water partition coefficient (Wildman–Crippen LogP) is 3.04. The number of carboxylic acids is 1. The van der Waals surface area contributed by atoms with Crippen LogP contribution in [0.5, 0.6) is 0 Å². The van der Waals surface area contributed by atoms with E-state index in [9.17, 15) is 13.2 Å². The molecule has 0 aliphatic rings. The van der Waals surface area contributed by atoms with Crippen LogP contribution < -0.4 is 0 Å². The van der Waals surface area contributed by atoms with Gasteiger partial charge in [-0.15, -0.1) is 6.58 Å². The maximum atomic E-state index is 12.0. The fourth-order valence-corrected chi connectivity index (χ4v) is 3.51. The quantitative estimate of drug-likeness (QED) is 0.849. The van der Waals surface area contributed by atoms with Crippen molar-refractivity contribution in [2.24, 2.45) is 0 Å². The Morgan fingerprint density at radius 3 is 2.50 bits per heavy atom. The topological polar surface area (TPSA) is 71.4 Å². The van der Waals surface area contributed by atoms with Crippen molar-refractivity contribution in [3.63, 3.8) is 0 Å². The highest BCUT2D eigenvalue weighted by atomic mass is 35.5. The highest BCUT2D eigenvalue weighted by molar-refractivity contribution is 7.91. The third-order valence-corrected chi connectivity index (χ3v) is 4.66. The largest absolute Gasteiger partial charge is 0.478 e. The van der Waals surface area contributed by atoms with Gasteiger partial charge in [0.05, 0.1) is 21.2 Å². The van der Waals surface area contributed by atoms with E-state index in [1.807, 2.05) is 0 Å². The Kier molecular flexibility index (Phi) is 4.78. The summed E-state index contributed by atoms with van der Waals surface area (Å²) in [5.74, 6) is -1.53. The van der Waals surface area contributed by atoms with Crippen LogP contribution in [0.3, 0.4) is 0 Å². The zero-order chi connectivity index (χ0) is 13.9. The van der Waals surface area contributed by atoms with Gasteiger partial charge in [0.2, 0.25) is 0 Å². The molecule has 0 aliphatic heterocycles. The molecule has 0 bridgehead atoms. The minimum absolute atomic E-state index is 0.00831. The van der Waals surface area contributed by atoms with Crippen molar-refractivity contribution in [1.82, 2.24) is 0 Å². The average Bonchev–Trinajstić information content (AvgIpc) is 2.28. The van der Waals surface area contributed by atoms with Crippen molar-refractivity contribution < 1.29 is 18.3 Å². The van der Waals surface area contributed by atoms with Crippen LogP contribution in [0, 0.1) is 0 Å². The zero-order valence-electron chi connectivity index (χ0n) is 9.19. The third kappa shape index (κ3) is 3.25. The lowest BCUT2D eigenvalue weighted by atomic mass is 10.2. The molecule has 0 fully saturated rings. The molecule has 0 unspecified atom stereocenters. The van der Waals surface area contributed by atoms with Gasteiger partial charge in [0.25, 0.3) is 0 Å². The summed E-state index contributed by atoms with van der Waals surface area (Å²) in [6.07, 6.45) is 1.70. The number of sulfone groups is 1. The molecule has 0 saturated carbocycles. The number of allylic oxidation sites excluding steroid dienone is 1. The summed E-state index contributed by atoms with van der Waals surface area (Å²) < 4.78 is 23.9. The van der Waals surface area contributed by atoms with Crippen LogP contribution in [0.2, 0.25) is 10.0 Å². The standard InChI is InChI=1S/C11H10Cl2O4S/c1-2-3-4-18(16,17)9-6-7(12)5-8(10(9)13)11(14)15/h2,5-6H,1,3-4H2,(H,14,15). The fraction of sp³-hybridized carbons (Fsp3) is 0.182. The van der Waals surface area contributed by atoms with E-state index >= 15 is 0 Å². The predicted molar refractivity (Wildman–Crippen MR) is 70.3 cm³/mol. The Bertz CT molecular complexity index is 593. The molecule has 0 amide bonds. The monoisotopic (exact) mass is 308 g/mol. The van der Waals surface area contributed by atoms with E-state index in [4.69, 9.17) is 28.3 Å². The molecule has 0 aliphatic carbocycles. The van der Waals surface area contributed by atoms with Crippen LogP contribution in [0.15, 0.2) is 29.7 Å². The van der Waals surface area contributed by atoms with Gasteiger partial charge in [-0.2, -0.15) is 0 Å². The second-order valence-electron chi connectivity index (χ2n) is 3.47. The maximum Gasteiger partial charge on any atom is 0.337 e. The first-order valence-electron chi connectivity index (χ1n) is 4.85.